The van der Waals surface area contributed by atoms with Crippen LogP contribution in [0.25, 0.3) is 0 Å². The van der Waals surface area contributed by atoms with Gasteiger partial charge in [-0.15, -0.1) is 11.3 Å². The Morgan fingerprint density at radius 2 is 1.16 bits per heavy atom. The van der Waals surface area contributed by atoms with Crippen molar-refractivity contribution in [3.05, 3.63) is 78.2 Å². The van der Waals surface area contributed by atoms with Crippen molar-refractivity contribution in [3.63, 3.8) is 0 Å². The Morgan fingerprint density at radius 3 is 1.53 bits per heavy atom. The summed E-state index contributed by atoms with van der Waals surface area (Å²) in [5.74, 6) is -13.0. The van der Waals surface area contributed by atoms with Gasteiger partial charge in [-0.1, -0.05) is 29.2 Å². The minimum absolute atomic E-state index is 0.168. The molecular formula is C30H27F9O5S5. The van der Waals surface area contributed by atoms with Crippen LogP contribution in [0.4, 0.5) is 39.5 Å². The van der Waals surface area contributed by atoms with E-state index in [0.717, 1.165) is 11.5 Å². The van der Waals surface area contributed by atoms with Gasteiger partial charge in [-0.05, 0) is 93.7 Å². The molecule has 0 bridgehead atoms. The Balaban J connectivity index is 0.000000326. The quantitative estimate of drug-likeness (QED) is 0.0807. The van der Waals surface area contributed by atoms with Gasteiger partial charge in [0.1, 0.15) is 22.4 Å². The van der Waals surface area contributed by atoms with Crippen molar-refractivity contribution in [3.8, 4) is 11.5 Å². The van der Waals surface area contributed by atoms with Crippen LogP contribution in [0.3, 0.4) is 0 Å². The van der Waals surface area contributed by atoms with E-state index in [1.165, 1.54) is 22.4 Å². The summed E-state index contributed by atoms with van der Waals surface area (Å²) in [4.78, 5) is 2.57. The van der Waals surface area contributed by atoms with Crippen LogP contribution in [0.5, 0.6) is 11.5 Å². The summed E-state index contributed by atoms with van der Waals surface area (Å²) in [5.41, 5.74) is 0. The van der Waals surface area contributed by atoms with Crippen LogP contribution >= 0.6 is 34.4 Å². The fraction of sp³-hybridized carbons (Fsp3) is 0.333. The third-order valence-corrected chi connectivity index (χ3v) is 12.5. The fourth-order valence-electron chi connectivity index (χ4n) is 3.63. The van der Waals surface area contributed by atoms with Crippen molar-refractivity contribution in [1.82, 2.24) is 0 Å². The summed E-state index contributed by atoms with van der Waals surface area (Å²) < 4.78 is 151. The molecule has 0 amide bonds. The van der Waals surface area contributed by atoms with Crippen LogP contribution in [0, 0.1) is 0 Å². The van der Waals surface area contributed by atoms with Crippen molar-refractivity contribution >= 4 is 55.4 Å². The van der Waals surface area contributed by atoms with Gasteiger partial charge in [0.05, 0.1) is 20.6 Å². The summed E-state index contributed by atoms with van der Waals surface area (Å²) in [5, 5.41) is -4.98. The maximum atomic E-state index is 12.2. The van der Waals surface area contributed by atoms with Crippen molar-refractivity contribution < 1.29 is 62.0 Å². The molecule has 4 rings (SSSR count). The molecule has 0 aliphatic heterocycles. The first-order chi connectivity index (χ1) is 22.5. The molecule has 0 unspecified atom stereocenters. The van der Waals surface area contributed by atoms with E-state index in [1.807, 2.05) is 23.1 Å². The first kappa shape index (κ1) is 40.8. The normalized spacial score (nSPS) is 13.1. The zero-order valence-corrected chi connectivity index (χ0v) is 29.7. The van der Waals surface area contributed by atoms with E-state index in [9.17, 15) is 52.5 Å². The molecule has 2 aromatic carbocycles. The number of rotatable bonds is 12. The van der Waals surface area contributed by atoms with Crippen LogP contribution in [0.1, 0.15) is 27.7 Å². The minimum atomic E-state index is -7.43. The number of halogens is 9. The molecule has 0 aliphatic carbocycles. The Hall–Kier alpha value is -2.58. The lowest BCUT2D eigenvalue weighted by Crippen LogP contribution is -2.63. The van der Waals surface area contributed by atoms with Gasteiger partial charge in [-0.25, -0.2) is 8.42 Å². The second-order valence-corrected chi connectivity index (χ2v) is 17.6. The van der Waals surface area contributed by atoms with Gasteiger partial charge in [-0.3, -0.25) is 0 Å². The van der Waals surface area contributed by atoms with Gasteiger partial charge in [0.25, 0.3) is 0 Å². The molecule has 0 saturated heterocycles. The number of thiophene rings is 2. The van der Waals surface area contributed by atoms with Crippen LogP contribution in [-0.2, 0) is 21.0 Å². The molecule has 2 heterocycles. The van der Waals surface area contributed by atoms with E-state index >= 15 is 0 Å². The molecule has 2 aromatic heterocycles. The molecule has 0 radical (unpaired) electrons. The molecule has 0 spiro atoms. The van der Waals surface area contributed by atoms with Crippen molar-refractivity contribution in [1.29, 1.82) is 0 Å². The van der Waals surface area contributed by atoms with Crippen molar-refractivity contribution in [2.75, 3.05) is 0 Å². The average Bonchev–Trinajstić information content (AvgIpc) is 3.66. The number of benzene rings is 2. The Kier molecular flexibility index (Phi) is 13.1. The largest absolute Gasteiger partial charge is 0.743 e. The summed E-state index contributed by atoms with van der Waals surface area (Å²) in [6, 6.07) is 25.9. The van der Waals surface area contributed by atoms with Crippen LogP contribution in [0.2, 0.25) is 0 Å². The molecule has 49 heavy (non-hydrogen) atoms. The second kappa shape index (κ2) is 15.8. The number of hydrogen-bond acceptors (Lipinski definition) is 8. The highest BCUT2D eigenvalue weighted by Crippen LogP contribution is 2.54. The maximum Gasteiger partial charge on any atom is 0.460 e. The van der Waals surface area contributed by atoms with E-state index in [4.69, 9.17) is 9.47 Å². The minimum Gasteiger partial charge on any atom is -0.743 e. The van der Waals surface area contributed by atoms with Gasteiger partial charge in [0.15, 0.2) is 19.9 Å². The lowest BCUT2D eigenvalue weighted by molar-refractivity contribution is -0.382. The Morgan fingerprint density at radius 1 is 0.694 bits per heavy atom. The van der Waals surface area contributed by atoms with Gasteiger partial charge < -0.3 is 14.0 Å². The van der Waals surface area contributed by atoms with Gasteiger partial charge in [0, 0.05) is 6.07 Å². The highest BCUT2D eigenvalue weighted by molar-refractivity contribution is 8.03. The van der Waals surface area contributed by atoms with E-state index in [2.05, 4.69) is 106 Å². The van der Waals surface area contributed by atoms with E-state index in [1.54, 1.807) is 11.3 Å². The molecule has 0 aliphatic rings. The lowest BCUT2D eigenvalue weighted by atomic mass is 10.1. The predicted molar refractivity (Wildman–Crippen MR) is 170 cm³/mol. The zero-order valence-electron chi connectivity index (χ0n) is 25.6. The smallest absolute Gasteiger partial charge is 0.460 e. The highest BCUT2D eigenvalue weighted by atomic mass is 32.2. The number of hydrogen-bond donors (Lipinski definition) is 0. The second-order valence-electron chi connectivity index (χ2n) is 10.3. The molecular weight excluding hydrogens is 772 g/mol. The van der Waals surface area contributed by atoms with E-state index < -0.39 is 33.4 Å². The molecule has 4 aromatic rings. The summed E-state index contributed by atoms with van der Waals surface area (Å²) in [6.07, 6.45) is -6.83. The molecule has 0 atom stereocenters. The van der Waals surface area contributed by atoms with Crippen molar-refractivity contribution in [2.24, 2.45) is 0 Å². The van der Waals surface area contributed by atoms with E-state index in [0.29, 0.717) is 0 Å². The first-order valence-corrected chi connectivity index (χ1v) is 18.9. The maximum absolute atomic E-state index is 12.2. The van der Waals surface area contributed by atoms with Crippen molar-refractivity contribution in [2.45, 2.75) is 85.6 Å². The Bertz CT molecular complexity index is 1690. The molecule has 0 fully saturated rings. The third kappa shape index (κ3) is 9.81. The summed E-state index contributed by atoms with van der Waals surface area (Å²) in [7, 11) is -7.60. The molecule has 270 valence electrons. The van der Waals surface area contributed by atoms with Gasteiger partial charge in [0.2, 0.25) is 4.21 Å². The van der Waals surface area contributed by atoms with Gasteiger partial charge in [-0.2, -0.15) is 39.5 Å². The van der Waals surface area contributed by atoms with Crippen LogP contribution in [0.15, 0.2) is 101 Å². The monoisotopic (exact) mass is 798 g/mol. The van der Waals surface area contributed by atoms with Crippen LogP contribution < -0.4 is 9.47 Å². The fourth-order valence-corrected chi connectivity index (χ4v) is 10.1. The highest BCUT2D eigenvalue weighted by Gasteiger charge is 2.83. The summed E-state index contributed by atoms with van der Waals surface area (Å²) >= 11 is 5.51. The van der Waals surface area contributed by atoms with Crippen LogP contribution in [-0.4, -0.2) is 48.5 Å². The first-order valence-electron chi connectivity index (χ1n) is 13.7. The summed E-state index contributed by atoms with van der Waals surface area (Å²) in [6.45, 7) is 8.21. The molecule has 0 saturated carbocycles. The predicted octanol–water partition coefficient (Wildman–Crippen LogP) is 10.6. The SMILES string of the molecule is CC(C)Oc1ccc([S+](c2ccc(OC(C)C)cc2)c2ccc(Sc3cccs3)s2)cc1.O=S(=O)([O-])C(F)(F)C(F)(F)C(F)(F)C(F)(F)F. The van der Waals surface area contributed by atoms with E-state index in [-0.39, 0.29) is 23.1 Å². The molecule has 5 nitrogen and oxygen atoms in total. The molecule has 19 heteroatoms. The topological polar surface area (TPSA) is 75.7 Å². The van der Waals surface area contributed by atoms with Gasteiger partial charge >= 0.3 is 23.3 Å². The third-order valence-electron chi connectivity index (χ3n) is 5.75. The lowest BCUT2D eigenvalue weighted by Gasteiger charge is -2.34. The molecule has 0 N–H and O–H groups in total. The standard InChI is InChI=1S/C26H27O2S4.C4HF9O3S/c1-18(2)27-20-7-11-22(12-8-20)32(23-13-9-21(10-14-23)28-19(3)4)26-16-15-25(31-26)30-24-6-5-17-29-24;5-1(6,3(9,10)11)2(7,8)4(12,13)17(14,15)16/h5-19H,1-4H3;(H,14,15,16)/q+1;/p-1. The average molecular weight is 799 g/mol. The zero-order chi connectivity index (χ0) is 37.0. The number of alkyl halides is 9. The Labute approximate surface area is 291 Å². The number of ether oxygens (including phenoxy) is 2.